The highest BCUT2D eigenvalue weighted by atomic mass is 32.1. The van der Waals surface area contributed by atoms with Crippen LogP contribution in [0.1, 0.15) is 5.01 Å². The van der Waals surface area contributed by atoms with E-state index in [0.717, 1.165) is 23.2 Å². The van der Waals surface area contributed by atoms with E-state index in [-0.39, 0.29) is 0 Å². The van der Waals surface area contributed by atoms with Crippen LogP contribution in [0.5, 0.6) is 0 Å². The van der Waals surface area contributed by atoms with Gasteiger partial charge in [-0.15, -0.1) is 10.2 Å². The minimum atomic E-state index is 0.981. The molecule has 2 rings (SSSR count). The van der Waals surface area contributed by atoms with E-state index in [1.54, 1.807) is 11.3 Å². The number of anilines is 1. The van der Waals surface area contributed by atoms with Crippen LogP contribution in [-0.4, -0.2) is 23.3 Å². The van der Waals surface area contributed by atoms with Crippen molar-refractivity contribution in [1.29, 1.82) is 0 Å². The summed E-state index contributed by atoms with van der Waals surface area (Å²) in [4.78, 5) is 2.20. The largest absolute Gasteiger partial charge is 0.339 e. The Morgan fingerprint density at radius 2 is 2.09 bits per heavy atom. The zero-order chi connectivity index (χ0) is 7.68. The van der Waals surface area contributed by atoms with Crippen LogP contribution < -0.4 is 4.90 Å². The smallest absolute Gasteiger partial charge is 0.208 e. The number of hydrogen-bond acceptors (Lipinski definition) is 4. The van der Waals surface area contributed by atoms with Crippen LogP contribution in [0.4, 0.5) is 5.13 Å². The molecular weight excluding hydrogens is 158 g/mol. The van der Waals surface area contributed by atoms with E-state index in [1.165, 1.54) is 0 Å². The summed E-state index contributed by atoms with van der Waals surface area (Å²) in [6.45, 7) is 3.94. The summed E-state index contributed by atoms with van der Waals surface area (Å²) in [7, 11) is 0. The first kappa shape index (κ1) is 6.79. The van der Waals surface area contributed by atoms with E-state index in [1.807, 2.05) is 6.92 Å². The molecule has 2 heterocycles. The first-order chi connectivity index (χ1) is 5.36. The molecule has 11 heavy (non-hydrogen) atoms. The van der Waals surface area contributed by atoms with Crippen LogP contribution in [0.2, 0.25) is 0 Å². The third-order valence-electron chi connectivity index (χ3n) is 1.60. The van der Waals surface area contributed by atoms with Crippen molar-refractivity contribution in [1.82, 2.24) is 10.2 Å². The van der Waals surface area contributed by atoms with E-state index in [9.17, 15) is 0 Å². The molecule has 0 saturated carbocycles. The van der Waals surface area contributed by atoms with Gasteiger partial charge in [0.2, 0.25) is 5.13 Å². The highest BCUT2D eigenvalue weighted by molar-refractivity contribution is 7.15. The number of aryl methyl sites for hydroxylation is 1. The van der Waals surface area contributed by atoms with Crippen LogP contribution in [0.15, 0.2) is 12.2 Å². The standard InChI is InChI=1S/C7H9N3S/c1-6-8-9-7(11-6)10-4-2-3-5-10/h2-3H,4-5H2,1H3. The van der Waals surface area contributed by atoms with Gasteiger partial charge in [0.15, 0.2) is 0 Å². The molecule has 0 aromatic carbocycles. The molecule has 0 saturated heterocycles. The summed E-state index contributed by atoms with van der Waals surface area (Å²) in [5.41, 5.74) is 0. The summed E-state index contributed by atoms with van der Waals surface area (Å²) in [5.74, 6) is 0. The van der Waals surface area contributed by atoms with Gasteiger partial charge >= 0.3 is 0 Å². The van der Waals surface area contributed by atoms with E-state index in [0.29, 0.717) is 0 Å². The Hall–Kier alpha value is -0.900. The predicted octanol–water partition coefficient (Wildman–Crippen LogP) is 1.22. The molecule has 0 spiro atoms. The molecule has 4 heteroatoms. The third kappa shape index (κ3) is 1.26. The topological polar surface area (TPSA) is 29.0 Å². The molecule has 0 fully saturated rings. The lowest BCUT2D eigenvalue weighted by Crippen LogP contribution is -2.17. The molecular formula is C7H9N3S. The molecule has 0 amide bonds. The van der Waals surface area contributed by atoms with Crippen LogP contribution >= 0.6 is 11.3 Å². The first-order valence-electron chi connectivity index (χ1n) is 3.56. The quantitative estimate of drug-likeness (QED) is 0.589. The fourth-order valence-corrected chi connectivity index (χ4v) is 1.75. The Labute approximate surface area is 69.4 Å². The monoisotopic (exact) mass is 167 g/mol. The Kier molecular flexibility index (Phi) is 1.62. The minimum Gasteiger partial charge on any atom is -0.339 e. The molecule has 58 valence electrons. The van der Waals surface area contributed by atoms with Crippen molar-refractivity contribution < 1.29 is 0 Å². The van der Waals surface area contributed by atoms with Gasteiger partial charge in [0.05, 0.1) is 0 Å². The normalized spacial score (nSPS) is 16.3. The second-order valence-electron chi connectivity index (χ2n) is 2.48. The molecule has 0 radical (unpaired) electrons. The van der Waals surface area contributed by atoms with E-state index in [4.69, 9.17) is 0 Å². The van der Waals surface area contributed by atoms with E-state index >= 15 is 0 Å². The van der Waals surface area contributed by atoms with Crippen molar-refractivity contribution in [3.63, 3.8) is 0 Å². The molecule has 1 aliphatic heterocycles. The Morgan fingerprint density at radius 3 is 2.64 bits per heavy atom. The molecule has 0 bridgehead atoms. The molecule has 1 aliphatic rings. The molecule has 1 aromatic rings. The van der Waals surface area contributed by atoms with Crippen molar-refractivity contribution in [3.8, 4) is 0 Å². The highest BCUT2D eigenvalue weighted by Crippen LogP contribution is 2.20. The average Bonchev–Trinajstić information content (AvgIpc) is 2.55. The van der Waals surface area contributed by atoms with Gasteiger partial charge in [0.25, 0.3) is 0 Å². The Bertz CT molecular complexity index is 271. The maximum Gasteiger partial charge on any atom is 0.208 e. The molecule has 0 aliphatic carbocycles. The van der Waals surface area contributed by atoms with Crippen molar-refractivity contribution >= 4 is 16.5 Å². The molecule has 3 nitrogen and oxygen atoms in total. The number of rotatable bonds is 1. The van der Waals surface area contributed by atoms with Gasteiger partial charge in [0, 0.05) is 13.1 Å². The van der Waals surface area contributed by atoms with Crippen molar-refractivity contribution in [3.05, 3.63) is 17.2 Å². The molecule has 0 atom stereocenters. The first-order valence-corrected chi connectivity index (χ1v) is 4.38. The maximum atomic E-state index is 4.05. The van der Waals surface area contributed by atoms with Crippen molar-refractivity contribution in [2.75, 3.05) is 18.0 Å². The van der Waals surface area contributed by atoms with Crippen LogP contribution in [0, 0.1) is 6.92 Å². The summed E-state index contributed by atoms with van der Waals surface area (Å²) >= 11 is 1.65. The lowest BCUT2D eigenvalue weighted by atomic mass is 10.6. The summed E-state index contributed by atoms with van der Waals surface area (Å²) in [5, 5.41) is 10.1. The van der Waals surface area contributed by atoms with E-state index < -0.39 is 0 Å². The third-order valence-corrected chi connectivity index (χ3v) is 2.50. The lowest BCUT2D eigenvalue weighted by Gasteiger charge is -2.10. The zero-order valence-corrected chi connectivity index (χ0v) is 7.14. The van der Waals surface area contributed by atoms with Gasteiger partial charge in [-0.2, -0.15) is 0 Å². The van der Waals surface area contributed by atoms with E-state index in [2.05, 4.69) is 27.2 Å². The van der Waals surface area contributed by atoms with Gasteiger partial charge in [-0.1, -0.05) is 23.5 Å². The fraction of sp³-hybridized carbons (Fsp3) is 0.429. The molecule has 0 N–H and O–H groups in total. The molecule has 1 aromatic heterocycles. The van der Waals surface area contributed by atoms with Gasteiger partial charge in [0.1, 0.15) is 5.01 Å². The van der Waals surface area contributed by atoms with Crippen LogP contribution in [0.3, 0.4) is 0 Å². The fourth-order valence-electron chi connectivity index (χ4n) is 1.05. The van der Waals surface area contributed by atoms with Gasteiger partial charge in [-0.05, 0) is 6.92 Å². The van der Waals surface area contributed by atoms with Crippen LogP contribution in [0.25, 0.3) is 0 Å². The predicted molar refractivity (Wildman–Crippen MR) is 46.0 cm³/mol. The van der Waals surface area contributed by atoms with Gasteiger partial charge < -0.3 is 4.90 Å². The second kappa shape index (κ2) is 2.62. The zero-order valence-electron chi connectivity index (χ0n) is 6.32. The number of aromatic nitrogens is 2. The number of hydrogen-bond donors (Lipinski definition) is 0. The van der Waals surface area contributed by atoms with Crippen LogP contribution in [-0.2, 0) is 0 Å². The van der Waals surface area contributed by atoms with Gasteiger partial charge in [-0.25, -0.2) is 0 Å². The minimum absolute atomic E-state index is 0.981. The van der Waals surface area contributed by atoms with Gasteiger partial charge in [-0.3, -0.25) is 0 Å². The second-order valence-corrected chi connectivity index (χ2v) is 3.64. The van der Waals surface area contributed by atoms with Crippen molar-refractivity contribution in [2.24, 2.45) is 0 Å². The highest BCUT2D eigenvalue weighted by Gasteiger charge is 2.10. The lowest BCUT2D eigenvalue weighted by molar-refractivity contribution is 0.945. The van der Waals surface area contributed by atoms with Crippen molar-refractivity contribution in [2.45, 2.75) is 6.92 Å². The molecule has 0 unspecified atom stereocenters. The summed E-state index contributed by atoms with van der Waals surface area (Å²) in [6, 6.07) is 0. The SMILES string of the molecule is Cc1nnc(N2CC=CC2)s1. The summed E-state index contributed by atoms with van der Waals surface area (Å²) in [6.07, 6.45) is 4.30. The Morgan fingerprint density at radius 1 is 1.36 bits per heavy atom. The number of nitrogens with zero attached hydrogens (tertiary/aromatic N) is 3. The Balaban J connectivity index is 2.17. The maximum absolute atomic E-state index is 4.05. The summed E-state index contributed by atoms with van der Waals surface area (Å²) < 4.78 is 0. The average molecular weight is 167 g/mol.